The van der Waals surface area contributed by atoms with Crippen molar-refractivity contribution in [2.75, 3.05) is 44.8 Å². The molecule has 0 radical (unpaired) electrons. The largest absolute Gasteiger partial charge is 0.489 e. The number of amides is 3. The minimum absolute atomic E-state index is 0.0786. The second kappa shape index (κ2) is 13.3. The number of ether oxygens (including phenoxy) is 2. The third kappa shape index (κ3) is 6.86. The van der Waals surface area contributed by atoms with Crippen molar-refractivity contribution in [2.45, 2.75) is 70.4 Å². The van der Waals surface area contributed by atoms with Gasteiger partial charge in [-0.3, -0.25) is 24.6 Å². The number of imide groups is 1. The Bertz CT molecular complexity index is 1770. The van der Waals surface area contributed by atoms with Gasteiger partial charge in [0.25, 0.3) is 5.91 Å². The molecule has 1 aromatic heterocycles. The predicted molar refractivity (Wildman–Crippen MR) is 180 cm³/mol. The third-order valence-corrected chi connectivity index (χ3v) is 10.6. The van der Waals surface area contributed by atoms with Crippen LogP contribution in [-0.4, -0.2) is 95.3 Å². The van der Waals surface area contributed by atoms with Crippen LogP contribution in [0.3, 0.4) is 0 Å². The zero-order valence-corrected chi connectivity index (χ0v) is 28.3. The molecule has 0 saturated carbocycles. The summed E-state index contributed by atoms with van der Waals surface area (Å²) in [5.41, 5.74) is 1.83. The minimum atomic E-state index is -0.705. The molecule has 3 fully saturated rings. The summed E-state index contributed by atoms with van der Waals surface area (Å²) in [7, 11) is 1.67. The number of hydrogen-bond donors (Lipinski definition) is 2. The number of aromatic nitrogens is 1. The van der Waals surface area contributed by atoms with E-state index in [0.717, 1.165) is 48.3 Å². The molecule has 5 heterocycles. The van der Waals surface area contributed by atoms with Crippen LogP contribution in [0.4, 0.5) is 10.2 Å². The van der Waals surface area contributed by atoms with Crippen LogP contribution in [0.5, 0.6) is 5.75 Å². The average Bonchev–Trinajstić information content (AvgIpc) is 3.59. The third-order valence-electron chi connectivity index (χ3n) is 10.6. The van der Waals surface area contributed by atoms with Gasteiger partial charge in [0.2, 0.25) is 11.8 Å². The first-order valence-corrected chi connectivity index (χ1v) is 17.2. The summed E-state index contributed by atoms with van der Waals surface area (Å²) in [6.07, 6.45) is 2.07. The van der Waals surface area contributed by atoms with E-state index in [9.17, 15) is 19.5 Å². The van der Waals surface area contributed by atoms with Crippen molar-refractivity contribution >= 4 is 34.4 Å². The van der Waals surface area contributed by atoms with E-state index < -0.39 is 17.6 Å². The number of halogens is 1. The van der Waals surface area contributed by atoms with Crippen LogP contribution in [0.2, 0.25) is 0 Å². The number of hydrogen-bond acceptors (Lipinski definition) is 9. The maximum absolute atomic E-state index is 15.5. The minimum Gasteiger partial charge on any atom is -0.489 e. The summed E-state index contributed by atoms with van der Waals surface area (Å²) in [6.45, 7) is 7.92. The molecule has 4 aliphatic rings. The van der Waals surface area contributed by atoms with E-state index in [1.165, 1.54) is 4.90 Å². The Morgan fingerprint density at radius 2 is 1.84 bits per heavy atom. The van der Waals surface area contributed by atoms with Crippen molar-refractivity contribution in [3.8, 4) is 5.75 Å². The highest BCUT2D eigenvalue weighted by atomic mass is 19.1. The van der Waals surface area contributed by atoms with Crippen molar-refractivity contribution in [3.63, 3.8) is 0 Å². The predicted octanol–water partition coefficient (Wildman–Crippen LogP) is 3.65. The molecule has 3 atom stereocenters. The lowest BCUT2D eigenvalue weighted by Gasteiger charge is -2.38. The summed E-state index contributed by atoms with van der Waals surface area (Å²) in [5, 5.41) is 13.5. The molecule has 3 saturated heterocycles. The van der Waals surface area contributed by atoms with Crippen LogP contribution in [0.15, 0.2) is 42.5 Å². The van der Waals surface area contributed by atoms with Gasteiger partial charge in [-0.2, -0.15) is 0 Å². The number of carbonyl (C=O) groups is 3. The van der Waals surface area contributed by atoms with Crippen molar-refractivity contribution in [2.24, 2.45) is 11.8 Å². The van der Waals surface area contributed by atoms with Crippen molar-refractivity contribution in [1.82, 2.24) is 20.1 Å². The van der Waals surface area contributed by atoms with Crippen LogP contribution < -0.4 is 15.0 Å². The fourth-order valence-electron chi connectivity index (χ4n) is 7.94. The summed E-state index contributed by atoms with van der Waals surface area (Å²) in [5.74, 6) is 0.386. The number of benzene rings is 2. The van der Waals surface area contributed by atoms with Gasteiger partial charge in [0.1, 0.15) is 35.0 Å². The van der Waals surface area contributed by atoms with E-state index in [1.807, 2.05) is 38.1 Å². The number of nitrogens with zero attached hydrogens (tertiary/aromatic N) is 4. The first-order valence-electron chi connectivity index (χ1n) is 17.2. The molecule has 4 aliphatic heterocycles. The molecule has 0 unspecified atom stereocenters. The number of piperidine rings is 2. The lowest BCUT2D eigenvalue weighted by Crippen LogP contribution is -2.52. The van der Waals surface area contributed by atoms with Gasteiger partial charge in [-0.1, -0.05) is 0 Å². The Kier molecular flexibility index (Phi) is 9.06. The molecule has 0 aliphatic carbocycles. The summed E-state index contributed by atoms with van der Waals surface area (Å²) < 4.78 is 27.6. The maximum Gasteiger partial charge on any atom is 0.255 e. The number of carbonyl (C=O) groups excluding carboxylic acids is 3. The van der Waals surface area contributed by atoms with E-state index in [1.54, 1.807) is 25.3 Å². The lowest BCUT2D eigenvalue weighted by atomic mass is 9.83. The fraction of sp³-hybridized carbons (Fsp3) is 0.514. The highest BCUT2D eigenvalue weighted by Crippen LogP contribution is 2.34. The smallest absolute Gasteiger partial charge is 0.255 e. The van der Waals surface area contributed by atoms with Gasteiger partial charge in [0.15, 0.2) is 0 Å². The number of fused-ring (bicyclic) bond motifs is 2. The molecular formula is C37H44FN5O6. The van der Waals surface area contributed by atoms with Gasteiger partial charge in [-0.05, 0) is 92.6 Å². The molecule has 260 valence electrons. The molecule has 7 rings (SSSR count). The standard InChI is InChI=1S/C37H44FN5O6/c1-37(2,47)26-10-12-42(13-11-26)32-8-4-23-14-22(15-29(38)34(23)39-32)17-41-18-25(21-48-3)31(20-41)49-27-5-6-28-24(16-27)19-43(36(28)46)30-7-9-33(44)40-35(30)45/h4-6,8,14-16,25-26,30-31,47H,7,9-13,17-21H2,1-3H3,(H,40,44,45)/t25-,30-,31+/m0/s1. The van der Waals surface area contributed by atoms with Gasteiger partial charge in [0.05, 0.1) is 12.2 Å². The summed E-state index contributed by atoms with van der Waals surface area (Å²) in [4.78, 5) is 47.8. The Labute approximate surface area is 285 Å². The first-order chi connectivity index (χ1) is 23.5. The van der Waals surface area contributed by atoms with Gasteiger partial charge in [0, 0.05) is 69.7 Å². The molecule has 49 heavy (non-hydrogen) atoms. The van der Waals surface area contributed by atoms with Crippen LogP contribution >= 0.6 is 0 Å². The van der Waals surface area contributed by atoms with Crippen molar-refractivity contribution in [1.29, 1.82) is 0 Å². The maximum atomic E-state index is 15.5. The average molecular weight is 674 g/mol. The topological polar surface area (TPSA) is 125 Å². The molecule has 11 nitrogen and oxygen atoms in total. The number of pyridine rings is 1. The van der Waals surface area contributed by atoms with Crippen LogP contribution in [0.25, 0.3) is 10.9 Å². The lowest BCUT2D eigenvalue weighted by molar-refractivity contribution is -0.136. The van der Waals surface area contributed by atoms with Gasteiger partial charge >= 0.3 is 0 Å². The molecule has 0 spiro atoms. The SMILES string of the molecule is COC[C@@H]1CN(Cc2cc(F)c3nc(N4CCC(C(C)(C)O)CC4)ccc3c2)C[C@H]1Oc1ccc2c(c1)CN([C@H]1CCC(=O)NC1=O)C2=O. The van der Waals surface area contributed by atoms with Crippen LogP contribution in [0.1, 0.15) is 61.0 Å². The number of likely N-dealkylation sites (tertiary alicyclic amines) is 1. The number of nitrogens with one attached hydrogen (secondary N) is 1. The summed E-state index contributed by atoms with van der Waals surface area (Å²) >= 11 is 0. The van der Waals surface area contributed by atoms with Gasteiger partial charge in [-0.25, -0.2) is 9.37 Å². The van der Waals surface area contributed by atoms with Crippen molar-refractivity contribution in [3.05, 3.63) is 65.0 Å². The number of rotatable bonds is 9. The van der Waals surface area contributed by atoms with Gasteiger partial charge < -0.3 is 24.4 Å². The van der Waals surface area contributed by atoms with E-state index in [4.69, 9.17) is 14.5 Å². The van der Waals surface area contributed by atoms with E-state index in [-0.39, 0.29) is 48.5 Å². The second-order valence-electron chi connectivity index (χ2n) is 14.5. The monoisotopic (exact) mass is 673 g/mol. The highest BCUT2D eigenvalue weighted by Gasteiger charge is 2.40. The van der Waals surface area contributed by atoms with E-state index in [0.29, 0.717) is 49.5 Å². The Morgan fingerprint density at radius 1 is 1.04 bits per heavy atom. The quantitative estimate of drug-likeness (QED) is 0.328. The molecule has 3 aromatic rings. The van der Waals surface area contributed by atoms with Crippen molar-refractivity contribution < 1.29 is 33.4 Å². The van der Waals surface area contributed by atoms with Crippen LogP contribution in [-0.2, 0) is 27.4 Å². The Balaban J connectivity index is 1.01. The molecule has 0 bridgehead atoms. The molecule has 3 amide bonds. The number of anilines is 1. The molecule has 2 N–H and O–H groups in total. The van der Waals surface area contributed by atoms with E-state index in [2.05, 4.69) is 15.1 Å². The number of methoxy groups -OCH3 is 1. The Hall–Kier alpha value is -4.13. The molecule has 2 aromatic carbocycles. The number of aliphatic hydroxyl groups is 1. The Morgan fingerprint density at radius 3 is 2.57 bits per heavy atom. The van der Waals surface area contributed by atoms with E-state index >= 15 is 4.39 Å². The fourth-order valence-corrected chi connectivity index (χ4v) is 7.94. The van der Waals surface area contributed by atoms with Gasteiger partial charge in [-0.15, -0.1) is 0 Å². The highest BCUT2D eigenvalue weighted by molar-refractivity contribution is 6.05. The summed E-state index contributed by atoms with van der Waals surface area (Å²) in [6, 6.07) is 12.2. The second-order valence-corrected chi connectivity index (χ2v) is 14.5. The molecule has 12 heteroatoms. The normalized spacial score (nSPS) is 23.8. The first kappa shape index (κ1) is 33.4. The zero-order chi connectivity index (χ0) is 34.4. The zero-order valence-electron chi connectivity index (χ0n) is 28.3. The van der Waals surface area contributed by atoms with Crippen LogP contribution in [0, 0.1) is 17.7 Å². The molecular weight excluding hydrogens is 629 g/mol.